The average Bonchev–Trinajstić information content (AvgIpc) is 2.32. The quantitative estimate of drug-likeness (QED) is 0.569. The summed E-state index contributed by atoms with van der Waals surface area (Å²) in [5.74, 6) is -0.959. The van der Waals surface area contributed by atoms with Crippen LogP contribution < -0.4 is 0 Å². The minimum atomic E-state index is -0.486. The molecule has 0 saturated heterocycles. The summed E-state index contributed by atoms with van der Waals surface area (Å²) in [7, 11) is 0. The maximum Gasteiger partial charge on any atom is 0.233 e. The molecule has 3 heteroatoms. The van der Waals surface area contributed by atoms with E-state index in [4.69, 9.17) is 0 Å². The van der Waals surface area contributed by atoms with E-state index in [1.165, 1.54) is 0 Å². The molecule has 0 saturated carbocycles. The number of fused-ring (bicyclic) bond motifs is 1. The largest absolute Gasteiger partial charge is 0.303 e. The number of ketones is 2. The molecule has 0 aliphatic heterocycles. The molecule has 0 bridgehead atoms. The van der Waals surface area contributed by atoms with Crippen LogP contribution in [-0.4, -0.2) is 17.9 Å². The Morgan fingerprint density at radius 1 is 1.06 bits per heavy atom. The molecule has 0 atom stereocenters. The van der Waals surface area contributed by atoms with Gasteiger partial charge in [0.25, 0.3) is 0 Å². The number of allylic oxidation sites excluding steroid dienone is 1. The first-order valence-electron chi connectivity index (χ1n) is 5.06. The normalized spacial score (nSPS) is 14.4. The molecular weight excluding hydrogens is 204 g/mol. The Hall–Kier alpha value is -2.03. The average molecular weight is 214 g/mol. The summed E-state index contributed by atoms with van der Waals surface area (Å²) < 4.78 is 0. The Balaban J connectivity index is 2.43. The summed E-state index contributed by atoms with van der Waals surface area (Å²) in [4.78, 5) is 33.6. The lowest BCUT2D eigenvalue weighted by Crippen LogP contribution is -2.21. The molecule has 0 aromatic heterocycles. The fourth-order valence-electron chi connectivity index (χ4n) is 1.75. The number of rotatable bonds is 3. The molecule has 0 radical (unpaired) electrons. The van der Waals surface area contributed by atoms with Gasteiger partial charge in [-0.25, -0.2) is 0 Å². The van der Waals surface area contributed by atoms with Gasteiger partial charge in [-0.05, 0) is 18.1 Å². The van der Waals surface area contributed by atoms with Gasteiger partial charge in [0.15, 0.2) is 0 Å². The summed E-state index contributed by atoms with van der Waals surface area (Å²) in [6, 6.07) is 6.98. The van der Waals surface area contributed by atoms with E-state index in [-0.39, 0.29) is 6.42 Å². The first kappa shape index (κ1) is 10.5. The number of hydrogen-bond donors (Lipinski definition) is 0. The maximum absolute atomic E-state index is 11.7. The van der Waals surface area contributed by atoms with Crippen molar-refractivity contribution < 1.29 is 14.4 Å². The molecule has 1 aliphatic carbocycles. The number of Topliss-reactive ketones (excluding diaryl/α,β-unsaturated/α-hetero) is 2. The van der Waals surface area contributed by atoms with Gasteiger partial charge in [-0.15, -0.1) is 0 Å². The fraction of sp³-hybridized carbons (Fsp3) is 0.154. The predicted octanol–water partition coefficient (Wildman–Crippen LogP) is 1.81. The van der Waals surface area contributed by atoms with E-state index in [0.29, 0.717) is 17.6 Å². The van der Waals surface area contributed by atoms with E-state index < -0.39 is 11.6 Å². The Morgan fingerprint density at radius 2 is 1.81 bits per heavy atom. The molecule has 1 aliphatic rings. The van der Waals surface area contributed by atoms with Crippen molar-refractivity contribution >= 4 is 23.9 Å². The number of hydrogen-bond acceptors (Lipinski definition) is 3. The summed E-state index contributed by atoms with van der Waals surface area (Å²) >= 11 is 0. The topological polar surface area (TPSA) is 51.2 Å². The first-order valence-corrected chi connectivity index (χ1v) is 5.06. The number of benzene rings is 1. The van der Waals surface area contributed by atoms with Crippen molar-refractivity contribution in [2.45, 2.75) is 12.8 Å². The van der Waals surface area contributed by atoms with Gasteiger partial charge in [0.2, 0.25) is 11.6 Å². The highest BCUT2D eigenvalue weighted by atomic mass is 16.2. The van der Waals surface area contributed by atoms with Crippen molar-refractivity contribution in [2.75, 3.05) is 0 Å². The smallest absolute Gasteiger partial charge is 0.233 e. The lowest BCUT2D eigenvalue weighted by molar-refractivity contribution is -0.112. The number of aldehydes is 1. The number of carbonyl (C=O) groups excluding carboxylic acids is 3. The van der Waals surface area contributed by atoms with Crippen LogP contribution in [0.4, 0.5) is 0 Å². The van der Waals surface area contributed by atoms with Gasteiger partial charge in [0.1, 0.15) is 6.29 Å². The standard InChI is InChI=1S/C13H10O3/c14-7-3-5-10-8-9-4-1-2-6-11(9)13(16)12(10)15/h1-2,4,6-8H,3,5H2. The summed E-state index contributed by atoms with van der Waals surface area (Å²) in [5, 5.41) is 0. The molecule has 80 valence electrons. The molecule has 1 aromatic carbocycles. The Bertz CT molecular complexity index is 498. The highest BCUT2D eigenvalue weighted by molar-refractivity contribution is 6.51. The van der Waals surface area contributed by atoms with Crippen LogP contribution in [0.25, 0.3) is 6.08 Å². The van der Waals surface area contributed by atoms with E-state index in [1.54, 1.807) is 24.3 Å². The monoisotopic (exact) mass is 214 g/mol. The molecule has 0 N–H and O–H groups in total. The van der Waals surface area contributed by atoms with Gasteiger partial charge in [0, 0.05) is 17.6 Å². The van der Waals surface area contributed by atoms with Crippen molar-refractivity contribution in [2.24, 2.45) is 0 Å². The lowest BCUT2D eigenvalue weighted by Gasteiger charge is -2.13. The Kier molecular flexibility index (Phi) is 2.77. The summed E-state index contributed by atoms with van der Waals surface area (Å²) in [6.45, 7) is 0. The lowest BCUT2D eigenvalue weighted by atomic mass is 9.88. The first-order chi connectivity index (χ1) is 7.74. The maximum atomic E-state index is 11.7. The van der Waals surface area contributed by atoms with Crippen LogP contribution >= 0.6 is 0 Å². The summed E-state index contributed by atoms with van der Waals surface area (Å²) in [6.07, 6.45) is 3.05. The molecule has 3 nitrogen and oxygen atoms in total. The molecular formula is C13H10O3. The van der Waals surface area contributed by atoms with Gasteiger partial charge >= 0.3 is 0 Å². The van der Waals surface area contributed by atoms with E-state index in [0.717, 1.165) is 11.8 Å². The minimum Gasteiger partial charge on any atom is -0.303 e. The second kappa shape index (κ2) is 4.23. The summed E-state index contributed by atoms with van der Waals surface area (Å²) in [5.41, 5.74) is 1.63. The van der Waals surface area contributed by atoms with Crippen molar-refractivity contribution in [3.63, 3.8) is 0 Å². The molecule has 2 rings (SSSR count). The zero-order valence-electron chi connectivity index (χ0n) is 8.60. The third kappa shape index (κ3) is 1.72. The molecule has 0 fully saturated rings. The van der Waals surface area contributed by atoms with E-state index in [9.17, 15) is 14.4 Å². The van der Waals surface area contributed by atoms with Crippen LogP contribution in [0, 0.1) is 0 Å². The van der Waals surface area contributed by atoms with Gasteiger partial charge in [-0.3, -0.25) is 9.59 Å². The van der Waals surface area contributed by atoms with Crippen molar-refractivity contribution in [3.8, 4) is 0 Å². The van der Waals surface area contributed by atoms with Crippen LogP contribution in [0.1, 0.15) is 28.8 Å². The Morgan fingerprint density at radius 3 is 2.56 bits per heavy atom. The van der Waals surface area contributed by atoms with Gasteiger partial charge < -0.3 is 4.79 Å². The second-order valence-corrected chi connectivity index (χ2v) is 3.62. The highest BCUT2D eigenvalue weighted by Gasteiger charge is 2.26. The van der Waals surface area contributed by atoms with Crippen LogP contribution in [0.3, 0.4) is 0 Å². The fourth-order valence-corrected chi connectivity index (χ4v) is 1.75. The third-order valence-electron chi connectivity index (χ3n) is 2.56. The zero-order chi connectivity index (χ0) is 11.5. The molecule has 0 spiro atoms. The van der Waals surface area contributed by atoms with Gasteiger partial charge in [-0.2, -0.15) is 0 Å². The molecule has 1 aromatic rings. The predicted molar refractivity (Wildman–Crippen MR) is 59.1 cm³/mol. The molecule has 0 amide bonds. The molecule has 0 unspecified atom stereocenters. The van der Waals surface area contributed by atoms with Crippen molar-refractivity contribution in [1.29, 1.82) is 0 Å². The SMILES string of the molecule is O=CCCC1=Cc2ccccc2C(=O)C1=O. The van der Waals surface area contributed by atoms with Crippen LogP contribution in [0.5, 0.6) is 0 Å². The number of carbonyl (C=O) groups is 3. The van der Waals surface area contributed by atoms with Crippen LogP contribution in [-0.2, 0) is 9.59 Å². The Labute approximate surface area is 92.8 Å². The molecule has 16 heavy (non-hydrogen) atoms. The van der Waals surface area contributed by atoms with Crippen molar-refractivity contribution in [1.82, 2.24) is 0 Å². The van der Waals surface area contributed by atoms with E-state index in [1.807, 2.05) is 6.07 Å². The van der Waals surface area contributed by atoms with Crippen molar-refractivity contribution in [3.05, 3.63) is 41.0 Å². The van der Waals surface area contributed by atoms with E-state index in [2.05, 4.69) is 0 Å². The van der Waals surface area contributed by atoms with Gasteiger partial charge in [0.05, 0.1) is 0 Å². The molecule has 0 heterocycles. The minimum absolute atomic E-state index is 0.271. The van der Waals surface area contributed by atoms with E-state index >= 15 is 0 Å². The van der Waals surface area contributed by atoms with Gasteiger partial charge in [-0.1, -0.05) is 24.3 Å². The third-order valence-corrected chi connectivity index (χ3v) is 2.56. The van der Waals surface area contributed by atoms with Crippen LogP contribution in [0.15, 0.2) is 29.8 Å². The highest BCUT2D eigenvalue weighted by Crippen LogP contribution is 2.23. The second-order valence-electron chi connectivity index (χ2n) is 3.62. The van der Waals surface area contributed by atoms with Crippen LogP contribution in [0.2, 0.25) is 0 Å². The zero-order valence-corrected chi connectivity index (χ0v) is 8.60.